The summed E-state index contributed by atoms with van der Waals surface area (Å²) in [6.07, 6.45) is 0.994. The Kier molecular flexibility index (Phi) is 2.77. The number of hydrogen-bond donors (Lipinski definition) is 1. The van der Waals surface area contributed by atoms with Gasteiger partial charge in [0.1, 0.15) is 0 Å². The fraction of sp³-hybridized carbons (Fsp3) is 0.429. The zero-order chi connectivity index (χ0) is 13.6. The highest BCUT2D eigenvalue weighted by Crippen LogP contribution is 2.49. The van der Waals surface area contributed by atoms with Crippen LogP contribution in [0.1, 0.15) is 24.8 Å². The van der Waals surface area contributed by atoms with E-state index in [9.17, 15) is 9.18 Å². The average Bonchev–Trinajstić information content (AvgIpc) is 3.08. The number of carbonyl (C=O) groups is 1. The third kappa shape index (κ3) is 2.09. The normalized spacial score (nSPS) is 21.6. The Morgan fingerprint density at radius 2 is 2.37 bits per heavy atom. The second kappa shape index (κ2) is 4.33. The second-order valence-corrected chi connectivity index (χ2v) is 5.20. The van der Waals surface area contributed by atoms with Gasteiger partial charge in [-0.05, 0) is 29.9 Å². The van der Waals surface area contributed by atoms with Crippen molar-refractivity contribution in [2.75, 3.05) is 6.54 Å². The predicted octanol–water partition coefficient (Wildman–Crippen LogP) is 1.95. The minimum Gasteiger partial charge on any atom is -0.356 e. The van der Waals surface area contributed by atoms with E-state index in [0.717, 1.165) is 12.0 Å². The molecule has 0 aliphatic heterocycles. The van der Waals surface area contributed by atoms with E-state index in [1.807, 2.05) is 18.2 Å². The molecule has 0 spiro atoms. The van der Waals surface area contributed by atoms with Crippen LogP contribution in [0.4, 0.5) is 4.39 Å². The van der Waals surface area contributed by atoms with Gasteiger partial charge in [0.05, 0.1) is 10.9 Å². The van der Waals surface area contributed by atoms with Crippen LogP contribution in [0, 0.1) is 11.9 Å². The van der Waals surface area contributed by atoms with E-state index in [-0.39, 0.29) is 11.9 Å². The molecule has 1 saturated carbocycles. The quantitative estimate of drug-likeness (QED) is 0.918. The SMILES string of the molecule is CC(=O)NC[C@@H]1C[C@H]1c1cccc2nn(C)c(F)c12. The molecule has 5 heteroatoms. The largest absolute Gasteiger partial charge is 0.356 e. The number of hydrogen-bond acceptors (Lipinski definition) is 2. The molecule has 0 saturated heterocycles. The van der Waals surface area contributed by atoms with Gasteiger partial charge in [-0.2, -0.15) is 9.49 Å². The summed E-state index contributed by atoms with van der Waals surface area (Å²) in [7, 11) is 1.61. The molecule has 2 atom stereocenters. The summed E-state index contributed by atoms with van der Waals surface area (Å²) in [5.74, 6) is 0.440. The second-order valence-electron chi connectivity index (χ2n) is 5.20. The summed E-state index contributed by atoms with van der Waals surface area (Å²) in [4.78, 5) is 10.9. The number of benzene rings is 1. The Bertz CT molecular complexity index is 649. The van der Waals surface area contributed by atoms with Gasteiger partial charge in [0.15, 0.2) is 0 Å². The summed E-state index contributed by atoms with van der Waals surface area (Å²) in [5.41, 5.74) is 1.71. The standard InChI is InChI=1S/C14H16FN3O/c1-8(19)16-7-9-6-11(9)10-4-3-5-12-13(10)14(15)18(2)17-12/h3-5,9,11H,6-7H2,1-2H3,(H,16,19)/t9-,11+/m0/s1. The molecule has 100 valence electrons. The Morgan fingerprint density at radius 1 is 1.58 bits per heavy atom. The van der Waals surface area contributed by atoms with Gasteiger partial charge in [0, 0.05) is 20.5 Å². The van der Waals surface area contributed by atoms with Gasteiger partial charge in [-0.15, -0.1) is 0 Å². The van der Waals surface area contributed by atoms with Gasteiger partial charge in [0.25, 0.3) is 0 Å². The Hall–Kier alpha value is -1.91. The van der Waals surface area contributed by atoms with Crippen molar-refractivity contribution in [2.45, 2.75) is 19.3 Å². The van der Waals surface area contributed by atoms with Gasteiger partial charge in [0.2, 0.25) is 11.9 Å². The van der Waals surface area contributed by atoms with Crippen molar-refractivity contribution in [3.8, 4) is 0 Å². The summed E-state index contributed by atoms with van der Waals surface area (Å²) < 4.78 is 15.4. The van der Waals surface area contributed by atoms with E-state index in [1.54, 1.807) is 7.05 Å². The fourth-order valence-corrected chi connectivity index (χ4v) is 2.67. The van der Waals surface area contributed by atoms with Crippen LogP contribution in [-0.4, -0.2) is 22.2 Å². The highest BCUT2D eigenvalue weighted by molar-refractivity contribution is 5.83. The van der Waals surface area contributed by atoms with Crippen LogP contribution >= 0.6 is 0 Å². The minimum absolute atomic E-state index is 0.0172. The molecule has 1 N–H and O–H groups in total. The molecule has 0 bridgehead atoms. The van der Waals surface area contributed by atoms with Crippen LogP contribution in [0.25, 0.3) is 10.9 Å². The molecule has 1 fully saturated rings. The van der Waals surface area contributed by atoms with Gasteiger partial charge in [-0.25, -0.2) is 4.68 Å². The van der Waals surface area contributed by atoms with Gasteiger partial charge in [-0.3, -0.25) is 4.79 Å². The number of aryl methyl sites for hydroxylation is 1. The molecule has 1 aliphatic rings. The van der Waals surface area contributed by atoms with E-state index in [4.69, 9.17) is 0 Å². The summed E-state index contributed by atoms with van der Waals surface area (Å²) in [6, 6.07) is 5.70. The maximum atomic E-state index is 14.1. The third-order valence-electron chi connectivity index (χ3n) is 3.76. The first-order chi connectivity index (χ1) is 9.08. The van der Waals surface area contributed by atoms with Crippen molar-refractivity contribution in [1.82, 2.24) is 15.1 Å². The monoisotopic (exact) mass is 261 g/mol. The Morgan fingerprint density at radius 3 is 3.11 bits per heavy atom. The highest BCUT2D eigenvalue weighted by atomic mass is 19.1. The Labute approximate surface area is 110 Å². The first kappa shape index (κ1) is 12.1. The van der Waals surface area contributed by atoms with Crippen molar-refractivity contribution in [1.29, 1.82) is 0 Å². The van der Waals surface area contributed by atoms with Gasteiger partial charge in [-0.1, -0.05) is 12.1 Å². The summed E-state index contributed by atoms with van der Waals surface area (Å²) >= 11 is 0. The molecule has 19 heavy (non-hydrogen) atoms. The van der Waals surface area contributed by atoms with Crippen LogP contribution in [-0.2, 0) is 11.8 Å². The molecule has 0 unspecified atom stereocenters. The van der Waals surface area contributed by atoms with E-state index in [0.29, 0.717) is 29.3 Å². The lowest BCUT2D eigenvalue weighted by atomic mass is 10.0. The molecule has 1 amide bonds. The molecule has 3 rings (SSSR count). The lowest BCUT2D eigenvalue weighted by Gasteiger charge is -2.03. The first-order valence-electron chi connectivity index (χ1n) is 6.43. The average molecular weight is 261 g/mol. The molecule has 1 aliphatic carbocycles. The van der Waals surface area contributed by atoms with E-state index in [2.05, 4.69) is 10.4 Å². The van der Waals surface area contributed by atoms with Crippen LogP contribution in [0.3, 0.4) is 0 Å². The van der Waals surface area contributed by atoms with Gasteiger partial charge < -0.3 is 5.32 Å². The number of nitrogens with one attached hydrogen (secondary N) is 1. The zero-order valence-corrected chi connectivity index (χ0v) is 11.0. The molecular weight excluding hydrogens is 245 g/mol. The number of halogens is 1. The number of carbonyl (C=O) groups excluding carboxylic acids is 1. The van der Waals surface area contributed by atoms with Crippen molar-refractivity contribution < 1.29 is 9.18 Å². The number of rotatable bonds is 3. The number of nitrogens with zero attached hydrogens (tertiary/aromatic N) is 2. The van der Waals surface area contributed by atoms with E-state index < -0.39 is 0 Å². The van der Waals surface area contributed by atoms with Gasteiger partial charge >= 0.3 is 0 Å². The summed E-state index contributed by atoms with van der Waals surface area (Å²) in [6.45, 7) is 2.18. The first-order valence-corrected chi connectivity index (χ1v) is 6.43. The summed E-state index contributed by atoms with van der Waals surface area (Å²) in [5, 5.41) is 7.60. The molecule has 2 aromatic rings. The van der Waals surface area contributed by atoms with E-state index in [1.165, 1.54) is 11.6 Å². The van der Waals surface area contributed by atoms with Crippen LogP contribution in [0.2, 0.25) is 0 Å². The molecule has 1 aromatic heterocycles. The third-order valence-corrected chi connectivity index (χ3v) is 3.76. The smallest absolute Gasteiger partial charge is 0.219 e. The molecule has 0 radical (unpaired) electrons. The van der Waals surface area contributed by atoms with E-state index >= 15 is 0 Å². The van der Waals surface area contributed by atoms with Crippen molar-refractivity contribution in [2.24, 2.45) is 13.0 Å². The number of fused-ring (bicyclic) bond motifs is 1. The maximum Gasteiger partial charge on any atom is 0.219 e. The minimum atomic E-state index is -0.282. The van der Waals surface area contributed by atoms with Crippen molar-refractivity contribution in [3.05, 3.63) is 29.7 Å². The molecule has 1 aromatic carbocycles. The van der Waals surface area contributed by atoms with Crippen LogP contribution < -0.4 is 5.32 Å². The predicted molar refractivity (Wildman–Crippen MR) is 70.2 cm³/mol. The zero-order valence-electron chi connectivity index (χ0n) is 11.0. The Balaban J connectivity index is 1.88. The molecular formula is C14H16FN3O. The number of amides is 1. The highest BCUT2D eigenvalue weighted by Gasteiger charge is 2.39. The van der Waals surface area contributed by atoms with Crippen LogP contribution in [0.5, 0.6) is 0 Å². The molecule has 1 heterocycles. The van der Waals surface area contributed by atoms with Crippen LogP contribution in [0.15, 0.2) is 18.2 Å². The lowest BCUT2D eigenvalue weighted by Crippen LogP contribution is -2.22. The number of aromatic nitrogens is 2. The van der Waals surface area contributed by atoms with Crippen molar-refractivity contribution in [3.63, 3.8) is 0 Å². The van der Waals surface area contributed by atoms with Crippen molar-refractivity contribution >= 4 is 16.8 Å². The topological polar surface area (TPSA) is 46.9 Å². The molecule has 4 nitrogen and oxygen atoms in total. The maximum absolute atomic E-state index is 14.1. The lowest BCUT2D eigenvalue weighted by molar-refractivity contribution is -0.119. The fourth-order valence-electron chi connectivity index (χ4n) is 2.67.